The average Bonchev–Trinajstić information content (AvgIpc) is 2.56. The molecular formula is C12H21N5. The highest BCUT2D eigenvalue weighted by Gasteiger charge is 2.13. The summed E-state index contributed by atoms with van der Waals surface area (Å²) in [5.41, 5.74) is 0.989. The highest BCUT2D eigenvalue weighted by molar-refractivity contribution is 5.37. The second-order valence-corrected chi connectivity index (χ2v) is 4.56. The molecule has 1 fully saturated rings. The summed E-state index contributed by atoms with van der Waals surface area (Å²) in [6.07, 6.45) is 1.19. The number of hydrogen-bond donors (Lipinski definition) is 1. The Morgan fingerprint density at radius 3 is 2.76 bits per heavy atom. The van der Waals surface area contributed by atoms with E-state index in [-0.39, 0.29) is 0 Å². The molecule has 0 unspecified atom stereocenters. The Kier molecular flexibility index (Phi) is 4.28. The van der Waals surface area contributed by atoms with Crippen LogP contribution < -0.4 is 10.2 Å². The van der Waals surface area contributed by atoms with E-state index in [1.54, 1.807) is 0 Å². The Labute approximate surface area is 103 Å². The van der Waals surface area contributed by atoms with Gasteiger partial charge in [0.2, 0.25) is 0 Å². The van der Waals surface area contributed by atoms with E-state index in [2.05, 4.69) is 38.4 Å². The second-order valence-electron chi connectivity index (χ2n) is 4.56. The van der Waals surface area contributed by atoms with Crippen LogP contribution in [0.5, 0.6) is 0 Å². The largest absolute Gasteiger partial charge is 0.354 e. The molecule has 1 aliphatic heterocycles. The Morgan fingerprint density at radius 1 is 1.18 bits per heavy atom. The van der Waals surface area contributed by atoms with Gasteiger partial charge in [-0.1, -0.05) is 0 Å². The van der Waals surface area contributed by atoms with Gasteiger partial charge < -0.3 is 15.1 Å². The van der Waals surface area contributed by atoms with Crippen LogP contribution in [0.25, 0.3) is 0 Å². The van der Waals surface area contributed by atoms with Gasteiger partial charge >= 0.3 is 0 Å². The summed E-state index contributed by atoms with van der Waals surface area (Å²) >= 11 is 0. The third kappa shape index (κ3) is 3.38. The molecule has 0 radical (unpaired) electrons. The first-order valence-electron chi connectivity index (χ1n) is 6.20. The van der Waals surface area contributed by atoms with E-state index in [4.69, 9.17) is 0 Å². The Balaban J connectivity index is 2.00. The van der Waals surface area contributed by atoms with Gasteiger partial charge in [-0.05, 0) is 39.2 Å². The van der Waals surface area contributed by atoms with E-state index in [0.29, 0.717) is 0 Å². The van der Waals surface area contributed by atoms with E-state index in [1.165, 1.54) is 13.0 Å². The minimum absolute atomic E-state index is 0.774. The van der Waals surface area contributed by atoms with Crippen molar-refractivity contribution in [2.45, 2.75) is 13.0 Å². The van der Waals surface area contributed by atoms with Gasteiger partial charge in [-0.25, -0.2) is 0 Å². The maximum Gasteiger partial charge on any atom is 0.151 e. The number of hydrogen-bond acceptors (Lipinski definition) is 5. The fourth-order valence-electron chi connectivity index (χ4n) is 2.07. The van der Waals surface area contributed by atoms with Crippen molar-refractivity contribution in [2.75, 3.05) is 45.2 Å². The molecule has 0 aromatic carbocycles. The standard InChI is InChI=1S/C12H21N5/c1-13-10-11-4-5-12(15-14-11)17-7-3-6-16(2)8-9-17/h4-5,13H,3,6-10H2,1-2H3. The summed E-state index contributed by atoms with van der Waals surface area (Å²) in [4.78, 5) is 4.68. The second kappa shape index (κ2) is 5.93. The fraction of sp³-hybridized carbons (Fsp3) is 0.667. The number of anilines is 1. The maximum atomic E-state index is 4.31. The minimum Gasteiger partial charge on any atom is -0.354 e. The average molecular weight is 235 g/mol. The predicted octanol–water partition coefficient (Wildman–Crippen LogP) is 0.338. The topological polar surface area (TPSA) is 44.3 Å². The van der Waals surface area contributed by atoms with Crippen LogP contribution in [0.1, 0.15) is 12.1 Å². The van der Waals surface area contributed by atoms with Crippen molar-refractivity contribution in [1.82, 2.24) is 20.4 Å². The molecule has 1 N–H and O–H groups in total. The van der Waals surface area contributed by atoms with Crippen LogP contribution in [-0.2, 0) is 6.54 Å². The van der Waals surface area contributed by atoms with Crippen molar-refractivity contribution < 1.29 is 0 Å². The molecule has 0 saturated carbocycles. The minimum atomic E-state index is 0.774. The fourth-order valence-corrected chi connectivity index (χ4v) is 2.07. The number of likely N-dealkylation sites (N-methyl/N-ethyl adjacent to an activating group) is 1. The van der Waals surface area contributed by atoms with Gasteiger partial charge in [0.1, 0.15) is 0 Å². The van der Waals surface area contributed by atoms with Crippen molar-refractivity contribution in [3.8, 4) is 0 Å². The van der Waals surface area contributed by atoms with Gasteiger partial charge in [0.05, 0.1) is 5.69 Å². The molecule has 0 bridgehead atoms. The normalized spacial score (nSPS) is 18.1. The molecule has 1 saturated heterocycles. The molecule has 5 nitrogen and oxygen atoms in total. The zero-order valence-electron chi connectivity index (χ0n) is 10.7. The van der Waals surface area contributed by atoms with E-state index >= 15 is 0 Å². The molecule has 0 atom stereocenters. The van der Waals surface area contributed by atoms with Crippen LogP contribution in [0.2, 0.25) is 0 Å². The Bertz CT molecular complexity index is 337. The molecule has 0 amide bonds. The van der Waals surface area contributed by atoms with Gasteiger partial charge in [0.25, 0.3) is 0 Å². The SMILES string of the molecule is CNCc1ccc(N2CCCN(C)CC2)nn1. The molecule has 1 aromatic rings. The monoisotopic (exact) mass is 235 g/mol. The summed E-state index contributed by atoms with van der Waals surface area (Å²) in [5.74, 6) is 1.00. The summed E-state index contributed by atoms with van der Waals surface area (Å²) in [6, 6.07) is 4.12. The Morgan fingerprint density at radius 2 is 2.06 bits per heavy atom. The van der Waals surface area contributed by atoms with Crippen LogP contribution in [0.4, 0.5) is 5.82 Å². The molecule has 2 rings (SSSR count). The van der Waals surface area contributed by atoms with Gasteiger partial charge in [-0.15, -0.1) is 5.10 Å². The van der Waals surface area contributed by atoms with Gasteiger partial charge in [-0.3, -0.25) is 0 Å². The van der Waals surface area contributed by atoms with Crippen molar-refractivity contribution in [3.63, 3.8) is 0 Å². The molecule has 0 spiro atoms. The maximum absolute atomic E-state index is 4.31. The van der Waals surface area contributed by atoms with Gasteiger partial charge in [0, 0.05) is 26.2 Å². The number of nitrogens with one attached hydrogen (secondary N) is 1. The summed E-state index contributed by atoms with van der Waals surface area (Å²) in [6.45, 7) is 5.15. The lowest BCUT2D eigenvalue weighted by molar-refractivity contribution is 0.360. The van der Waals surface area contributed by atoms with Crippen molar-refractivity contribution in [2.24, 2.45) is 0 Å². The molecular weight excluding hydrogens is 214 g/mol. The van der Waals surface area contributed by atoms with E-state index in [9.17, 15) is 0 Å². The number of nitrogens with zero attached hydrogens (tertiary/aromatic N) is 4. The van der Waals surface area contributed by atoms with Crippen molar-refractivity contribution in [1.29, 1.82) is 0 Å². The Hall–Kier alpha value is -1.20. The van der Waals surface area contributed by atoms with E-state index in [0.717, 1.165) is 37.7 Å². The van der Waals surface area contributed by atoms with Crippen molar-refractivity contribution >= 4 is 5.82 Å². The van der Waals surface area contributed by atoms with Gasteiger partial charge in [-0.2, -0.15) is 5.10 Å². The molecule has 1 aliphatic rings. The van der Waals surface area contributed by atoms with Gasteiger partial charge in [0.15, 0.2) is 5.82 Å². The lowest BCUT2D eigenvalue weighted by Crippen LogP contribution is -2.29. The first-order chi connectivity index (χ1) is 8.29. The van der Waals surface area contributed by atoms with E-state index < -0.39 is 0 Å². The molecule has 94 valence electrons. The number of aromatic nitrogens is 2. The molecule has 1 aromatic heterocycles. The van der Waals surface area contributed by atoms with Crippen molar-refractivity contribution in [3.05, 3.63) is 17.8 Å². The van der Waals surface area contributed by atoms with E-state index in [1.807, 2.05) is 13.1 Å². The lowest BCUT2D eigenvalue weighted by atomic mass is 10.3. The molecule has 17 heavy (non-hydrogen) atoms. The van der Waals surface area contributed by atoms with Crippen LogP contribution in [0.3, 0.4) is 0 Å². The molecule has 0 aliphatic carbocycles. The zero-order chi connectivity index (χ0) is 12.1. The third-order valence-corrected chi connectivity index (χ3v) is 3.11. The predicted molar refractivity (Wildman–Crippen MR) is 69.1 cm³/mol. The van der Waals surface area contributed by atoms with Crippen LogP contribution in [-0.4, -0.2) is 55.4 Å². The molecule has 5 heteroatoms. The summed E-state index contributed by atoms with van der Waals surface area (Å²) in [7, 11) is 4.09. The first kappa shape index (κ1) is 12.3. The smallest absolute Gasteiger partial charge is 0.151 e. The summed E-state index contributed by atoms with van der Waals surface area (Å²) in [5, 5.41) is 11.6. The van der Waals surface area contributed by atoms with Crippen LogP contribution in [0.15, 0.2) is 12.1 Å². The number of rotatable bonds is 3. The van der Waals surface area contributed by atoms with Crippen LogP contribution >= 0.6 is 0 Å². The first-order valence-corrected chi connectivity index (χ1v) is 6.20. The van der Waals surface area contributed by atoms with Crippen LogP contribution in [0, 0.1) is 0 Å². The quantitative estimate of drug-likeness (QED) is 0.818. The highest BCUT2D eigenvalue weighted by atomic mass is 15.3. The highest BCUT2D eigenvalue weighted by Crippen LogP contribution is 2.12. The molecule has 2 heterocycles. The summed E-state index contributed by atoms with van der Waals surface area (Å²) < 4.78 is 0. The third-order valence-electron chi connectivity index (χ3n) is 3.11. The lowest BCUT2D eigenvalue weighted by Gasteiger charge is -2.20. The zero-order valence-corrected chi connectivity index (χ0v) is 10.7.